The molecule has 0 aliphatic carbocycles. The molecule has 0 heterocycles. The van der Waals surface area contributed by atoms with Gasteiger partial charge in [0.25, 0.3) is 0 Å². The summed E-state index contributed by atoms with van der Waals surface area (Å²) in [6.45, 7) is 0. The summed E-state index contributed by atoms with van der Waals surface area (Å²) in [5.41, 5.74) is 1.70. The van der Waals surface area contributed by atoms with E-state index in [4.69, 9.17) is 34.8 Å². The maximum absolute atomic E-state index is 6.08. The second kappa shape index (κ2) is 4.44. The average Bonchev–Trinajstić information content (AvgIpc) is 2.23. The molecule has 75 valence electrons. The fraction of sp³-hybridized carbons (Fsp3) is 0. The van der Waals surface area contributed by atoms with E-state index >= 15 is 0 Å². The predicted octanol–water partition coefficient (Wildman–Crippen LogP) is 5.11. The molecule has 0 aliphatic heterocycles. The Hall–Kier alpha value is -0.690. The lowest BCUT2D eigenvalue weighted by molar-refractivity contribution is 1.61. The van der Waals surface area contributed by atoms with E-state index in [1.54, 1.807) is 6.07 Å². The molecule has 2 rings (SSSR count). The first-order valence-corrected chi connectivity index (χ1v) is 5.44. The van der Waals surface area contributed by atoms with Crippen LogP contribution in [0.25, 0.3) is 11.1 Å². The van der Waals surface area contributed by atoms with Gasteiger partial charge in [0.1, 0.15) is 0 Å². The summed E-state index contributed by atoms with van der Waals surface area (Å²) >= 11 is 18.0. The second-order valence-electron chi connectivity index (χ2n) is 3.00. The lowest BCUT2D eigenvalue weighted by Crippen LogP contribution is -1.81. The molecule has 0 amide bonds. The maximum atomic E-state index is 6.08. The van der Waals surface area contributed by atoms with E-state index in [-0.39, 0.29) is 0 Å². The van der Waals surface area contributed by atoms with Crippen molar-refractivity contribution in [3.05, 3.63) is 57.5 Å². The van der Waals surface area contributed by atoms with Gasteiger partial charge in [-0.15, -0.1) is 0 Å². The van der Waals surface area contributed by atoms with Crippen LogP contribution in [0.1, 0.15) is 0 Å². The van der Waals surface area contributed by atoms with Crippen LogP contribution in [0.5, 0.6) is 0 Å². The molecule has 0 saturated heterocycles. The number of hydrogen-bond donors (Lipinski definition) is 0. The zero-order valence-electron chi connectivity index (χ0n) is 7.60. The van der Waals surface area contributed by atoms with Crippen LogP contribution >= 0.6 is 34.8 Å². The molecule has 0 N–H and O–H groups in total. The first-order valence-electron chi connectivity index (χ1n) is 4.30. The molecule has 0 nitrogen and oxygen atoms in total. The summed E-state index contributed by atoms with van der Waals surface area (Å²) in [4.78, 5) is 0. The van der Waals surface area contributed by atoms with Gasteiger partial charge in [-0.1, -0.05) is 65.1 Å². The molecule has 2 aromatic rings. The minimum atomic E-state index is 0.411. The Bertz CT molecular complexity index is 492. The SMILES string of the molecule is Clc1[c]ccc(-c2ccccc2Cl)c1Cl. The molecule has 15 heavy (non-hydrogen) atoms. The molecule has 3 heteroatoms. The van der Waals surface area contributed by atoms with Gasteiger partial charge >= 0.3 is 0 Å². The van der Waals surface area contributed by atoms with Crippen molar-refractivity contribution in [2.75, 3.05) is 0 Å². The Morgan fingerprint density at radius 2 is 1.60 bits per heavy atom. The van der Waals surface area contributed by atoms with Crippen LogP contribution in [-0.4, -0.2) is 0 Å². The molecular formula is C12H6Cl3. The highest BCUT2D eigenvalue weighted by Gasteiger charge is 2.09. The van der Waals surface area contributed by atoms with Crippen molar-refractivity contribution in [3.8, 4) is 11.1 Å². The van der Waals surface area contributed by atoms with Crippen LogP contribution in [0, 0.1) is 6.07 Å². The van der Waals surface area contributed by atoms with E-state index in [0.29, 0.717) is 15.1 Å². The fourth-order valence-electron chi connectivity index (χ4n) is 1.34. The van der Waals surface area contributed by atoms with Crippen molar-refractivity contribution in [1.29, 1.82) is 0 Å². The van der Waals surface area contributed by atoms with Crippen LogP contribution in [-0.2, 0) is 0 Å². The van der Waals surface area contributed by atoms with Crippen LogP contribution in [0.4, 0.5) is 0 Å². The van der Waals surface area contributed by atoms with Gasteiger partial charge in [-0.2, -0.15) is 0 Å². The van der Waals surface area contributed by atoms with Gasteiger partial charge in [-0.3, -0.25) is 0 Å². The van der Waals surface area contributed by atoms with E-state index in [1.807, 2.05) is 30.3 Å². The molecule has 0 bridgehead atoms. The van der Waals surface area contributed by atoms with E-state index in [2.05, 4.69) is 6.07 Å². The monoisotopic (exact) mass is 255 g/mol. The van der Waals surface area contributed by atoms with E-state index < -0.39 is 0 Å². The molecule has 0 unspecified atom stereocenters. The van der Waals surface area contributed by atoms with Gasteiger partial charge in [0.05, 0.1) is 10.0 Å². The van der Waals surface area contributed by atoms with Crippen molar-refractivity contribution in [2.24, 2.45) is 0 Å². The van der Waals surface area contributed by atoms with Gasteiger partial charge in [0.15, 0.2) is 0 Å². The lowest BCUT2D eigenvalue weighted by atomic mass is 10.1. The largest absolute Gasteiger partial charge is 0.0837 e. The highest BCUT2D eigenvalue weighted by molar-refractivity contribution is 6.44. The van der Waals surface area contributed by atoms with Crippen molar-refractivity contribution < 1.29 is 0 Å². The zero-order chi connectivity index (χ0) is 10.8. The quantitative estimate of drug-likeness (QED) is 0.665. The van der Waals surface area contributed by atoms with Crippen LogP contribution < -0.4 is 0 Å². The fourth-order valence-corrected chi connectivity index (χ4v) is 1.96. The molecule has 2 aromatic carbocycles. The Labute approximate surface area is 103 Å². The molecule has 0 aromatic heterocycles. The summed E-state index contributed by atoms with van der Waals surface area (Å²) in [6.07, 6.45) is 0. The zero-order valence-corrected chi connectivity index (χ0v) is 9.87. The lowest BCUT2D eigenvalue weighted by Gasteiger charge is -2.07. The average molecular weight is 257 g/mol. The Balaban J connectivity index is 2.65. The molecule has 1 radical (unpaired) electrons. The normalized spacial score (nSPS) is 10.3. The Kier molecular flexibility index (Phi) is 3.20. The third kappa shape index (κ3) is 2.12. The van der Waals surface area contributed by atoms with E-state index in [9.17, 15) is 0 Å². The standard InChI is InChI=1S/C12H6Cl3/c13-10-6-2-1-4-8(10)9-5-3-7-11(14)12(9)15/h1-6H. The Morgan fingerprint density at radius 1 is 0.867 bits per heavy atom. The van der Waals surface area contributed by atoms with Crippen LogP contribution in [0.15, 0.2) is 36.4 Å². The Morgan fingerprint density at radius 3 is 2.33 bits per heavy atom. The van der Waals surface area contributed by atoms with Crippen molar-refractivity contribution >= 4 is 34.8 Å². The minimum Gasteiger partial charge on any atom is -0.0837 e. The van der Waals surface area contributed by atoms with Gasteiger partial charge in [-0.25, -0.2) is 0 Å². The smallest absolute Gasteiger partial charge is 0.0677 e. The van der Waals surface area contributed by atoms with Crippen molar-refractivity contribution in [2.45, 2.75) is 0 Å². The number of benzene rings is 2. The summed E-state index contributed by atoms with van der Waals surface area (Å²) in [5.74, 6) is 0. The molecule has 0 spiro atoms. The molecular weight excluding hydrogens is 250 g/mol. The molecule has 0 saturated carbocycles. The van der Waals surface area contributed by atoms with Gasteiger partial charge < -0.3 is 0 Å². The second-order valence-corrected chi connectivity index (χ2v) is 4.16. The molecule has 0 atom stereocenters. The van der Waals surface area contributed by atoms with E-state index in [0.717, 1.165) is 11.1 Å². The predicted molar refractivity (Wildman–Crippen MR) is 65.7 cm³/mol. The van der Waals surface area contributed by atoms with Crippen LogP contribution in [0.3, 0.4) is 0 Å². The highest BCUT2D eigenvalue weighted by atomic mass is 35.5. The first-order chi connectivity index (χ1) is 7.20. The highest BCUT2D eigenvalue weighted by Crippen LogP contribution is 2.36. The van der Waals surface area contributed by atoms with Gasteiger partial charge in [-0.05, 0) is 6.07 Å². The van der Waals surface area contributed by atoms with Crippen molar-refractivity contribution in [1.82, 2.24) is 0 Å². The third-order valence-corrected chi connectivity index (χ3v) is 3.17. The summed E-state index contributed by atoms with van der Waals surface area (Å²) < 4.78 is 0. The molecule has 0 aliphatic rings. The van der Waals surface area contributed by atoms with Crippen molar-refractivity contribution in [3.63, 3.8) is 0 Å². The van der Waals surface area contributed by atoms with Gasteiger partial charge in [0, 0.05) is 22.2 Å². The topological polar surface area (TPSA) is 0 Å². The van der Waals surface area contributed by atoms with Gasteiger partial charge in [0.2, 0.25) is 0 Å². The number of halogens is 3. The third-order valence-electron chi connectivity index (χ3n) is 2.05. The summed E-state index contributed by atoms with van der Waals surface area (Å²) in [6, 6.07) is 13.9. The summed E-state index contributed by atoms with van der Waals surface area (Å²) in [7, 11) is 0. The summed E-state index contributed by atoms with van der Waals surface area (Å²) in [5, 5.41) is 1.54. The maximum Gasteiger partial charge on any atom is 0.0677 e. The van der Waals surface area contributed by atoms with E-state index in [1.165, 1.54) is 0 Å². The minimum absolute atomic E-state index is 0.411. The van der Waals surface area contributed by atoms with Crippen LogP contribution in [0.2, 0.25) is 15.1 Å². The molecule has 0 fully saturated rings. The number of hydrogen-bond acceptors (Lipinski definition) is 0. The first kappa shape index (κ1) is 10.8. The number of rotatable bonds is 1.